The van der Waals surface area contributed by atoms with Gasteiger partial charge in [0.2, 0.25) is 5.82 Å². The second-order valence-corrected chi connectivity index (χ2v) is 5.64. The van der Waals surface area contributed by atoms with E-state index in [2.05, 4.69) is 10.1 Å². The molecule has 1 aromatic heterocycles. The minimum Gasteiger partial charge on any atom is -0.491 e. The third-order valence-corrected chi connectivity index (χ3v) is 3.29. The van der Waals surface area contributed by atoms with Crippen LogP contribution in [0.15, 0.2) is 59.1 Å². The summed E-state index contributed by atoms with van der Waals surface area (Å²) in [7, 11) is 0. The number of carbonyl (C=O) groups excluding carboxylic acids is 1. The maximum Gasteiger partial charge on any atom is 0.338 e. The Morgan fingerprint density at radius 1 is 1.08 bits per heavy atom. The zero-order valence-electron chi connectivity index (χ0n) is 14.0. The Kier molecular flexibility index (Phi) is 5.09. The van der Waals surface area contributed by atoms with Crippen LogP contribution in [-0.2, 0) is 11.3 Å². The lowest BCUT2D eigenvalue weighted by atomic mass is 10.2. The first-order valence-corrected chi connectivity index (χ1v) is 7.93. The molecular weight excluding hydrogens is 320 g/mol. The molecule has 3 aromatic rings. The SMILES string of the molecule is CC(C)Oc1ccc(C(=O)OCc2nc(-c3ccccc3)no2)cc1. The standard InChI is InChI=1S/C19H18N2O4/c1-13(2)24-16-10-8-15(9-11-16)19(22)23-12-17-20-18(21-25-17)14-6-4-3-5-7-14/h3-11,13H,12H2,1-2H3. The Balaban J connectivity index is 1.58. The highest BCUT2D eigenvalue weighted by molar-refractivity contribution is 5.89. The van der Waals surface area contributed by atoms with E-state index in [1.807, 2.05) is 44.2 Å². The molecule has 0 bridgehead atoms. The second-order valence-electron chi connectivity index (χ2n) is 5.64. The first kappa shape index (κ1) is 16.7. The van der Waals surface area contributed by atoms with E-state index in [-0.39, 0.29) is 18.6 Å². The largest absolute Gasteiger partial charge is 0.491 e. The van der Waals surface area contributed by atoms with Gasteiger partial charge in [-0.2, -0.15) is 4.98 Å². The average molecular weight is 338 g/mol. The van der Waals surface area contributed by atoms with Gasteiger partial charge in [0, 0.05) is 5.56 Å². The van der Waals surface area contributed by atoms with Gasteiger partial charge in [0.05, 0.1) is 11.7 Å². The first-order chi connectivity index (χ1) is 12.1. The van der Waals surface area contributed by atoms with E-state index in [9.17, 15) is 4.79 Å². The zero-order chi connectivity index (χ0) is 17.6. The van der Waals surface area contributed by atoms with Crippen molar-refractivity contribution < 1.29 is 18.8 Å². The fourth-order valence-electron chi connectivity index (χ4n) is 2.17. The molecule has 6 heteroatoms. The Labute approximate surface area is 145 Å². The molecule has 0 unspecified atom stereocenters. The van der Waals surface area contributed by atoms with E-state index in [1.54, 1.807) is 24.3 Å². The van der Waals surface area contributed by atoms with Crippen molar-refractivity contribution in [3.63, 3.8) is 0 Å². The minimum absolute atomic E-state index is 0.0779. The van der Waals surface area contributed by atoms with Crippen molar-refractivity contribution in [3.05, 3.63) is 66.1 Å². The van der Waals surface area contributed by atoms with Crippen molar-refractivity contribution in [2.24, 2.45) is 0 Å². The third kappa shape index (κ3) is 4.44. The number of carbonyl (C=O) groups is 1. The second kappa shape index (κ2) is 7.61. The van der Waals surface area contributed by atoms with E-state index >= 15 is 0 Å². The molecule has 3 rings (SSSR count). The highest BCUT2D eigenvalue weighted by atomic mass is 16.6. The fraction of sp³-hybridized carbons (Fsp3) is 0.211. The molecule has 0 radical (unpaired) electrons. The summed E-state index contributed by atoms with van der Waals surface area (Å²) in [5.41, 5.74) is 1.27. The number of rotatable bonds is 6. The summed E-state index contributed by atoms with van der Waals surface area (Å²) in [6, 6.07) is 16.2. The molecule has 0 spiro atoms. The Morgan fingerprint density at radius 3 is 2.48 bits per heavy atom. The molecule has 128 valence electrons. The van der Waals surface area contributed by atoms with Gasteiger partial charge in [-0.3, -0.25) is 0 Å². The molecule has 0 atom stereocenters. The maximum atomic E-state index is 12.1. The van der Waals surface area contributed by atoms with Gasteiger partial charge in [-0.15, -0.1) is 0 Å². The zero-order valence-corrected chi connectivity index (χ0v) is 14.0. The van der Waals surface area contributed by atoms with Crippen molar-refractivity contribution in [1.29, 1.82) is 0 Å². The highest BCUT2D eigenvalue weighted by Gasteiger charge is 2.12. The fourth-order valence-corrected chi connectivity index (χ4v) is 2.17. The quantitative estimate of drug-likeness (QED) is 0.635. The summed E-state index contributed by atoms with van der Waals surface area (Å²) in [5.74, 6) is 0.945. The molecule has 6 nitrogen and oxygen atoms in total. The summed E-state index contributed by atoms with van der Waals surface area (Å²) < 4.78 is 15.9. The molecule has 0 saturated heterocycles. The molecule has 1 heterocycles. The molecule has 25 heavy (non-hydrogen) atoms. The number of hydrogen-bond acceptors (Lipinski definition) is 6. The van der Waals surface area contributed by atoms with Crippen LogP contribution in [0.5, 0.6) is 5.75 Å². The van der Waals surface area contributed by atoms with Crippen molar-refractivity contribution in [1.82, 2.24) is 10.1 Å². The summed E-state index contributed by atoms with van der Waals surface area (Å²) in [6.45, 7) is 3.80. The van der Waals surface area contributed by atoms with Crippen LogP contribution in [0, 0.1) is 0 Å². The van der Waals surface area contributed by atoms with Gasteiger partial charge >= 0.3 is 5.97 Å². The van der Waals surface area contributed by atoms with Crippen LogP contribution >= 0.6 is 0 Å². The lowest BCUT2D eigenvalue weighted by molar-refractivity contribution is 0.0430. The number of benzene rings is 2. The molecule has 2 aromatic carbocycles. The van der Waals surface area contributed by atoms with E-state index in [4.69, 9.17) is 14.0 Å². The third-order valence-electron chi connectivity index (χ3n) is 3.29. The number of aromatic nitrogens is 2. The number of ether oxygens (including phenoxy) is 2. The van der Waals surface area contributed by atoms with Crippen LogP contribution in [0.2, 0.25) is 0 Å². The highest BCUT2D eigenvalue weighted by Crippen LogP contribution is 2.17. The molecule has 0 aliphatic carbocycles. The van der Waals surface area contributed by atoms with Gasteiger partial charge in [-0.05, 0) is 38.1 Å². The lowest BCUT2D eigenvalue weighted by Crippen LogP contribution is -2.07. The normalized spacial score (nSPS) is 10.7. The minimum atomic E-state index is -0.462. The van der Waals surface area contributed by atoms with Crippen LogP contribution in [-0.4, -0.2) is 22.2 Å². The Morgan fingerprint density at radius 2 is 1.80 bits per heavy atom. The molecule has 0 aliphatic rings. The van der Waals surface area contributed by atoms with Gasteiger partial charge in [-0.1, -0.05) is 35.5 Å². The first-order valence-electron chi connectivity index (χ1n) is 7.93. The van der Waals surface area contributed by atoms with Gasteiger partial charge in [0.1, 0.15) is 5.75 Å². The van der Waals surface area contributed by atoms with E-state index in [0.717, 1.165) is 5.56 Å². The summed E-state index contributed by atoms with van der Waals surface area (Å²) >= 11 is 0. The summed E-state index contributed by atoms with van der Waals surface area (Å²) in [5, 5.41) is 3.88. The van der Waals surface area contributed by atoms with Gasteiger partial charge in [-0.25, -0.2) is 4.79 Å². The van der Waals surface area contributed by atoms with E-state index in [1.165, 1.54) is 0 Å². The predicted molar refractivity (Wildman–Crippen MR) is 91.1 cm³/mol. The summed E-state index contributed by atoms with van der Waals surface area (Å²) in [4.78, 5) is 16.3. The molecule has 0 fully saturated rings. The van der Waals surface area contributed by atoms with E-state index in [0.29, 0.717) is 17.1 Å². The van der Waals surface area contributed by atoms with Gasteiger partial charge < -0.3 is 14.0 Å². The number of hydrogen-bond donors (Lipinski definition) is 0. The van der Waals surface area contributed by atoms with Gasteiger partial charge in [0.25, 0.3) is 5.89 Å². The van der Waals surface area contributed by atoms with Crippen LogP contribution < -0.4 is 4.74 Å². The van der Waals surface area contributed by atoms with Crippen molar-refractivity contribution >= 4 is 5.97 Å². The van der Waals surface area contributed by atoms with E-state index < -0.39 is 5.97 Å². The van der Waals surface area contributed by atoms with Crippen LogP contribution in [0.4, 0.5) is 0 Å². The van der Waals surface area contributed by atoms with Crippen LogP contribution in [0.25, 0.3) is 11.4 Å². The monoisotopic (exact) mass is 338 g/mol. The Hall–Kier alpha value is -3.15. The van der Waals surface area contributed by atoms with Crippen molar-refractivity contribution in [3.8, 4) is 17.1 Å². The topological polar surface area (TPSA) is 74.5 Å². The maximum absolute atomic E-state index is 12.1. The molecule has 0 saturated carbocycles. The van der Waals surface area contributed by atoms with Crippen molar-refractivity contribution in [2.45, 2.75) is 26.6 Å². The molecule has 0 amide bonds. The van der Waals surface area contributed by atoms with Crippen LogP contribution in [0.3, 0.4) is 0 Å². The van der Waals surface area contributed by atoms with Gasteiger partial charge in [0.15, 0.2) is 6.61 Å². The summed E-state index contributed by atoms with van der Waals surface area (Å²) in [6.07, 6.45) is 0.0779. The number of esters is 1. The van der Waals surface area contributed by atoms with Crippen molar-refractivity contribution in [2.75, 3.05) is 0 Å². The Bertz CT molecular complexity index is 826. The predicted octanol–water partition coefficient (Wildman–Crippen LogP) is 3.88. The number of nitrogens with zero attached hydrogens (tertiary/aromatic N) is 2. The lowest BCUT2D eigenvalue weighted by Gasteiger charge is -2.09. The van der Waals surface area contributed by atoms with Crippen LogP contribution in [0.1, 0.15) is 30.1 Å². The molecular formula is C19H18N2O4. The average Bonchev–Trinajstić information content (AvgIpc) is 3.10. The molecule has 0 N–H and O–H groups in total. The smallest absolute Gasteiger partial charge is 0.338 e. The molecule has 0 aliphatic heterocycles.